The van der Waals surface area contributed by atoms with E-state index in [9.17, 15) is 4.79 Å². The fraction of sp³-hybridized carbons (Fsp3) is 0.444. The molecule has 2 aromatic rings. The van der Waals surface area contributed by atoms with E-state index < -0.39 is 0 Å². The highest BCUT2D eigenvalue weighted by Gasteiger charge is 2.39. The van der Waals surface area contributed by atoms with E-state index in [4.69, 9.17) is 4.74 Å². The number of rotatable bonds is 7. The zero-order valence-electron chi connectivity index (χ0n) is 14.7. The van der Waals surface area contributed by atoms with Crippen molar-refractivity contribution in [2.45, 2.75) is 26.7 Å². The van der Waals surface area contributed by atoms with Gasteiger partial charge in [-0.25, -0.2) is 4.98 Å². The number of aromatic nitrogens is 1. The molecule has 1 aliphatic rings. The summed E-state index contributed by atoms with van der Waals surface area (Å²) in [6.45, 7) is 5.07. The minimum absolute atomic E-state index is 0.0684. The molecule has 0 saturated carbocycles. The van der Waals surface area contributed by atoms with E-state index >= 15 is 0 Å². The Kier molecular flexibility index (Phi) is 5.55. The number of methoxy groups -OCH3 is 1. The normalized spacial score (nSPS) is 18.3. The van der Waals surface area contributed by atoms with Gasteiger partial charge in [-0.15, -0.1) is 0 Å². The average Bonchev–Trinajstić information content (AvgIpc) is 3.16. The molecule has 1 aromatic heterocycles. The number of benzene rings is 1. The first-order valence-electron chi connectivity index (χ1n) is 8.42. The van der Waals surface area contributed by atoms with Crippen LogP contribution in [0.1, 0.15) is 26.7 Å². The number of thiazole rings is 1. The van der Waals surface area contributed by atoms with Crippen LogP contribution in [-0.2, 0) is 9.53 Å². The van der Waals surface area contributed by atoms with E-state index in [1.807, 2.05) is 31.2 Å². The number of fused-ring (bicyclic) bond motifs is 1. The number of hydrogen-bond acceptors (Lipinski definition) is 6. The molecule has 1 aliphatic heterocycles. The standard InChI is InChI=1S/C18H22N4O2S/c1-4-7-14-16(12(2)19-10-11-24-3)17(23)22(21-14)18-20-13-8-5-6-9-15(13)25-18/h5-6,8-9,16H,4,7,10-11H2,1-3H3/t16-/m0/s1. The molecule has 3 rings (SSSR count). The second-order valence-electron chi connectivity index (χ2n) is 5.90. The van der Waals surface area contributed by atoms with Gasteiger partial charge in [0.2, 0.25) is 5.13 Å². The lowest BCUT2D eigenvalue weighted by Gasteiger charge is -2.12. The third kappa shape index (κ3) is 3.62. The van der Waals surface area contributed by atoms with E-state index in [-0.39, 0.29) is 11.8 Å². The Morgan fingerprint density at radius 2 is 2.20 bits per heavy atom. The monoisotopic (exact) mass is 358 g/mol. The van der Waals surface area contributed by atoms with Gasteiger partial charge in [0.1, 0.15) is 5.92 Å². The predicted molar refractivity (Wildman–Crippen MR) is 103 cm³/mol. The summed E-state index contributed by atoms with van der Waals surface area (Å²) in [6.07, 6.45) is 1.70. The number of hydrazone groups is 1. The van der Waals surface area contributed by atoms with Crippen molar-refractivity contribution in [1.82, 2.24) is 4.98 Å². The van der Waals surface area contributed by atoms with Crippen molar-refractivity contribution in [3.63, 3.8) is 0 Å². The van der Waals surface area contributed by atoms with E-state index in [0.29, 0.717) is 18.3 Å². The van der Waals surface area contributed by atoms with Gasteiger partial charge in [0.25, 0.3) is 5.91 Å². The highest BCUT2D eigenvalue weighted by molar-refractivity contribution is 7.22. The maximum atomic E-state index is 13.0. The summed E-state index contributed by atoms with van der Waals surface area (Å²) in [5.41, 5.74) is 2.54. The van der Waals surface area contributed by atoms with Crippen molar-refractivity contribution < 1.29 is 9.53 Å². The molecule has 0 radical (unpaired) electrons. The molecule has 0 fully saturated rings. The first kappa shape index (κ1) is 17.7. The van der Waals surface area contributed by atoms with Gasteiger partial charge in [0, 0.05) is 12.8 Å². The third-order valence-electron chi connectivity index (χ3n) is 4.06. The van der Waals surface area contributed by atoms with Crippen LogP contribution in [-0.4, -0.2) is 42.6 Å². The largest absolute Gasteiger partial charge is 0.383 e. The van der Waals surface area contributed by atoms with Crippen LogP contribution in [0.15, 0.2) is 34.4 Å². The zero-order valence-corrected chi connectivity index (χ0v) is 15.5. The van der Waals surface area contributed by atoms with Crippen LogP contribution in [0.2, 0.25) is 0 Å². The summed E-state index contributed by atoms with van der Waals surface area (Å²) in [7, 11) is 1.64. The number of hydrogen-bond donors (Lipinski definition) is 0. The molecule has 1 amide bonds. The fourth-order valence-electron chi connectivity index (χ4n) is 2.86. The number of ether oxygens (including phenoxy) is 1. The molecular weight excluding hydrogens is 336 g/mol. The van der Waals surface area contributed by atoms with Crippen molar-refractivity contribution >= 4 is 44.0 Å². The van der Waals surface area contributed by atoms with Gasteiger partial charge in [-0.3, -0.25) is 9.79 Å². The molecule has 132 valence electrons. The lowest BCUT2D eigenvalue weighted by atomic mass is 9.95. The summed E-state index contributed by atoms with van der Waals surface area (Å²) in [4.78, 5) is 22.1. The average molecular weight is 358 g/mol. The van der Waals surface area contributed by atoms with Gasteiger partial charge < -0.3 is 4.74 Å². The minimum atomic E-state index is -0.385. The van der Waals surface area contributed by atoms with Crippen LogP contribution in [0.25, 0.3) is 10.2 Å². The lowest BCUT2D eigenvalue weighted by Crippen LogP contribution is -2.32. The van der Waals surface area contributed by atoms with Crippen LogP contribution < -0.4 is 5.01 Å². The minimum Gasteiger partial charge on any atom is -0.383 e. The second kappa shape index (κ2) is 7.84. The third-order valence-corrected chi connectivity index (χ3v) is 5.07. The molecule has 25 heavy (non-hydrogen) atoms. The van der Waals surface area contributed by atoms with Crippen molar-refractivity contribution in [1.29, 1.82) is 0 Å². The Hall–Kier alpha value is -2.12. The van der Waals surface area contributed by atoms with Crippen LogP contribution >= 0.6 is 11.3 Å². The van der Waals surface area contributed by atoms with Gasteiger partial charge in [-0.2, -0.15) is 10.1 Å². The van der Waals surface area contributed by atoms with Crippen molar-refractivity contribution in [2.24, 2.45) is 16.0 Å². The molecule has 0 unspecified atom stereocenters. The SMILES string of the molecule is CCCC1=NN(c2nc3ccccc3s2)C(=O)[C@H]1C(C)=NCCOC. The quantitative estimate of drug-likeness (QED) is 0.562. The summed E-state index contributed by atoms with van der Waals surface area (Å²) in [5, 5.41) is 6.66. The van der Waals surface area contributed by atoms with Crippen molar-refractivity contribution in [3.8, 4) is 0 Å². The second-order valence-corrected chi connectivity index (χ2v) is 6.91. The smallest absolute Gasteiger partial charge is 0.264 e. The topological polar surface area (TPSA) is 67.2 Å². The van der Waals surface area contributed by atoms with E-state index in [2.05, 4.69) is 22.0 Å². The molecule has 0 aliphatic carbocycles. The van der Waals surface area contributed by atoms with Gasteiger partial charge in [-0.1, -0.05) is 36.8 Å². The number of nitrogens with zero attached hydrogens (tertiary/aromatic N) is 4. The number of amides is 1. The number of para-hydroxylation sites is 1. The van der Waals surface area contributed by atoms with Gasteiger partial charge in [-0.05, 0) is 25.5 Å². The molecule has 7 heteroatoms. The first-order chi connectivity index (χ1) is 12.2. The van der Waals surface area contributed by atoms with Crippen molar-refractivity contribution in [2.75, 3.05) is 25.3 Å². The molecular formula is C18H22N4O2S. The Balaban J connectivity index is 1.91. The van der Waals surface area contributed by atoms with Gasteiger partial charge in [0.15, 0.2) is 0 Å². The highest BCUT2D eigenvalue weighted by atomic mass is 32.1. The fourth-order valence-corrected chi connectivity index (χ4v) is 3.79. The maximum absolute atomic E-state index is 13.0. The summed E-state index contributed by atoms with van der Waals surface area (Å²) < 4.78 is 6.09. The summed E-state index contributed by atoms with van der Waals surface area (Å²) in [5.74, 6) is -0.454. The van der Waals surface area contributed by atoms with E-state index in [1.54, 1.807) is 7.11 Å². The molecule has 0 bridgehead atoms. The van der Waals surface area contributed by atoms with E-state index in [0.717, 1.165) is 34.5 Å². The van der Waals surface area contributed by atoms with Gasteiger partial charge >= 0.3 is 0 Å². The van der Waals surface area contributed by atoms with Gasteiger partial charge in [0.05, 0.1) is 29.1 Å². The Bertz CT molecular complexity index is 794. The van der Waals surface area contributed by atoms with Crippen LogP contribution in [0.5, 0.6) is 0 Å². The molecule has 1 atom stereocenters. The van der Waals surface area contributed by atoms with Crippen LogP contribution in [0.4, 0.5) is 5.13 Å². The lowest BCUT2D eigenvalue weighted by molar-refractivity contribution is -0.118. The highest BCUT2D eigenvalue weighted by Crippen LogP contribution is 2.33. The number of carbonyl (C=O) groups excluding carboxylic acids is 1. The molecule has 0 saturated heterocycles. The molecule has 0 N–H and O–H groups in total. The number of aliphatic imine (C=N–C) groups is 1. The molecule has 6 nitrogen and oxygen atoms in total. The Labute approximate surface area is 151 Å². The van der Waals surface area contributed by atoms with E-state index in [1.165, 1.54) is 16.3 Å². The molecule has 1 aromatic carbocycles. The predicted octanol–water partition coefficient (Wildman–Crippen LogP) is 3.52. The van der Waals surface area contributed by atoms with Crippen LogP contribution in [0, 0.1) is 5.92 Å². The van der Waals surface area contributed by atoms with Crippen LogP contribution in [0.3, 0.4) is 0 Å². The molecule has 2 heterocycles. The zero-order chi connectivity index (χ0) is 17.8. The summed E-state index contributed by atoms with van der Waals surface area (Å²) >= 11 is 1.48. The maximum Gasteiger partial charge on any atom is 0.264 e. The number of carbonyl (C=O) groups is 1. The first-order valence-corrected chi connectivity index (χ1v) is 9.24. The molecule has 0 spiro atoms. The Morgan fingerprint density at radius 1 is 1.40 bits per heavy atom. The number of anilines is 1. The van der Waals surface area contributed by atoms with Crippen molar-refractivity contribution in [3.05, 3.63) is 24.3 Å². The Morgan fingerprint density at radius 3 is 2.92 bits per heavy atom. The summed E-state index contributed by atoms with van der Waals surface area (Å²) in [6, 6.07) is 7.86.